The molecule has 0 unspecified atom stereocenters. The lowest BCUT2D eigenvalue weighted by Crippen LogP contribution is -2.43. The SMILES string of the molecule is COc1ccc(S(=O)(=O)N2CCC[C@@H](C(=O)Nc3cccc(C(C)=O)c3)C2)cc1. The van der Waals surface area contributed by atoms with Gasteiger partial charge in [0.2, 0.25) is 15.9 Å². The van der Waals surface area contributed by atoms with E-state index in [1.165, 1.54) is 30.5 Å². The Bertz CT molecular complexity index is 1000. The van der Waals surface area contributed by atoms with Crippen LogP contribution in [0.25, 0.3) is 0 Å². The molecule has 1 aliphatic heterocycles. The second kappa shape index (κ2) is 8.75. The minimum Gasteiger partial charge on any atom is -0.497 e. The van der Waals surface area contributed by atoms with Gasteiger partial charge in [0.1, 0.15) is 5.75 Å². The van der Waals surface area contributed by atoms with Crippen LogP contribution in [0.15, 0.2) is 53.4 Å². The standard InChI is InChI=1S/C21H24N2O5S/c1-15(24)16-5-3-7-18(13-16)22-21(25)17-6-4-12-23(14-17)29(26,27)20-10-8-19(28-2)9-11-20/h3,5,7-11,13,17H,4,6,12,14H2,1-2H3,(H,22,25)/t17-/m1/s1. The minimum atomic E-state index is -3.69. The molecule has 2 aromatic carbocycles. The molecule has 0 aliphatic carbocycles. The maximum absolute atomic E-state index is 12.9. The van der Waals surface area contributed by atoms with Gasteiger partial charge in [-0.15, -0.1) is 0 Å². The first-order valence-electron chi connectivity index (χ1n) is 9.37. The number of ketones is 1. The van der Waals surface area contributed by atoms with Crippen LogP contribution in [-0.2, 0) is 14.8 Å². The number of rotatable bonds is 6. The van der Waals surface area contributed by atoms with E-state index in [2.05, 4.69) is 5.32 Å². The molecular weight excluding hydrogens is 392 g/mol. The van der Waals surface area contributed by atoms with Crippen molar-refractivity contribution in [2.24, 2.45) is 5.92 Å². The molecule has 1 aliphatic rings. The van der Waals surface area contributed by atoms with Crippen LogP contribution in [0.2, 0.25) is 0 Å². The summed E-state index contributed by atoms with van der Waals surface area (Å²) in [7, 11) is -2.17. The van der Waals surface area contributed by atoms with E-state index in [1.807, 2.05) is 0 Å². The maximum Gasteiger partial charge on any atom is 0.243 e. The molecule has 3 rings (SSSR count). The average molecular weight is 416 g/mol. The Balaban J connectivity index is 1.71. The van der Waals surface area contributed by atoms with E-state index in [-0.39, 0.29) is 23.1 Å². The van der Waals surface area contributed by atoms with Crippen molar-refractivity contribution in [3.05, 3.63) is 54.1 Å². The van der Waals surface area contributed by atoms with Gasteiger partial charge >= 0.3 is 0 Å². The number of nitrogens with one attached hydrogen (secondary N) is 1. The molecule has 1 saturated heterocycles. The molecule has 0 saturated carbocycles. The fraction of sp³-hybridized carbons (Fsp3) is 0.333. The smallest absolute Gasteiger partial charge is 0.243 e. The third-order valence-corrected chi connectivity index (χ3v) is 6.87. The Morgan fingerprint density at radius 1 is 1.14 bits per heavy atom. The van der Waals surface area contributed by atoms with Crippen LogP contribution in [0.3, 0.4) is 0 Å². The number of hydrogen-bond acceptors (Lipinski definition) is 5. The molecule has 0 spiro atoms. The van der Waals surface area contributed by atoms with E-state index in [9.17, 15) is 18.0 Å². The molecule has 29 heavy (non-hydrogen) atoms. The number of sulfonamides is 1. The number of methoxy groups -OCH3 is 1. The predicted octanol–water partition coefficient (Wildman–Crippen LogP) is 2.94. The Kier molecular flexibility index (Phi) is 6.34. The van der Waals surface area contributed by atoms with Crippen LogP contribution in [0.5, 0.6) is 5.75 Å². The number of carbonyl (C=O) groups excluding carboxylic acids is 2. The first-order valence-corrected chi connectivity index (χ1v) is 10.8. The number of carbonyl (C=O) groups is 2. The summed E-state index contributed by atoms with van der Waals surface area (Å²) in [4.78, 5) is 24.4. The molecule has 0 radical (unpaired) electrons. The lowest BCUT2D eigenvalue weighted by atomic mass is 9.98. The Morgan fingerprint density at radius 2 is 1.86 bits per heavy atom. The molecule has 0 bridgehead atoms. The Hall–Kier alpha value is -2.71. The third kappa shape index (κ3) is 4.83. The first-order chi connectivity index (χ1) is 13.8. The number of Topliss-reactive ketones (excluding diaryl/α,β-unsaturated/α-hetero) is 1. The van der Waals surface area contributed by atoms with Crippen LogP contribution >= 0.6 is 0 Å². The van der Waals surface area contributed by atoms with E-state index in [0.29, 0.717) is 36.4 Å². The van der Waals surface area contributed by atoms with Gasteiger partial charge in [-0.3, -0.25) is 9.59 Å². The van der Waals surface area contributed by atoms with Crippen molar-refractivity contribution < 1.29 is 22.7 Å². The van der Waals surface area contributed by atoms with Gasteiger partial charge in [-0.25, -0.2) is 8.42 Å². The molecule has 8 heteroatoms. The van der Waals surface area contributed by atoms with Gasteiger partial charge in [-0.1, -0.05) is 12.1 Å². The van der Waals surface area contributed by atoms with E-state index in [4.69, 9.17) is 4.74 Å². The normalized spacial score (nSPS) is 17.5. The van der Waals surface area contributed by atoms with Crippen molar-refractivity contribution in [1.82, 2.24) is 4.31 Å². The summed E-state index contributed by atoms with van der Waals surface area (Å²) in [6.07, 6.45) is 1.20. The van der Waals surface area contributed by atoms with Gasteiger partial charge in [-0.05, 0) is 56.2 Å². The fourth-order valence-corrected chi connectivity index (χ4v) is 4.86. The molecule has 1 heterocycles. The fourth-order valence-electron chi connectivity index (χ4n) is 3.33. The summed E-state index contributed by atoms with van der Waals surface area (Å²) in [6, 6.07) is 12.9. The highest BCUT2D eigenvalue weighted by Gasteiger charge is 2.33. The van der Waals surface area contributed by atoms with Gasteiger partial charge in [0.15, 0.2) is 5.78 Å². The zero-order valence-corrected chi connectivity index (χ0v) is 17.2. The number of hydrogen-bond donors (Lipinski definition) is 1. The van der Waals surface area contributed by atoms with E-state index in [0.717, 1.165) is 0 Å². The molecule has 1 fully saturated rings. The summed E-state index contributed by atoms with van der Waals surface area (Å²) in [5.41, 5.74) is 1.04. The third-order valence-electron chi connectivity index (χ3n) is 4.99. The van der Waals surface area contributed by atoms with Gasteiger partial charge in [0, 0.05) is 24.3 Å². The van der Waals surface area contributed by atoms with Crippen LogP contribution in [0.4, 0.5) is 5.69 Å². The predicted molar refractivity (Wildman–Crippen MR) is 110 cm³/mol. The monoisotopic (exact) mass is 416 g/mol. The van der Waals surface area contributed by atoms with Crippen LogP contribution < -0.4 is 10.1 Å². The van der Waals surface area contributed by atoms with Gasteiger partial charge in [0.05, 0.1) is 17.9 Å². The van der Waals surface area contributed by atoms with E-state index in [1.54, 1.807) is 36.4 Å². The summed E-state index contributed by atoms with van der Waals surface area (Å²) in [5, 5.41) is 2.80. The van der Waals surface area contributed by atoms with Gasteiger partial charge in [-0.2, -0.15) is 4.31 Å². The summed E-state index contributed by atoms with van der Waals surface area (Å²) >= 11 is 0. The minimum absolute atomic E-state index is 0.0875. The summed E-state index contributed by atoms with van der Waals surface area (Å²) in [6.45, 7) is 1.95. The Labute approximate surface area is 170 Å². The number of anilines is 1. The molecule has 2 aromatic rings. The highest BCUT2D eigenvalue weighted by molar-refractivity contribution is 7.89. The summed E-state index contributed by atoms with van der Waals surface area (Å²) in [5.74, 6) is -0.221. The topological polar surface area (TPSA) is 92.8 Å². The second-order valence-corrected chi connectivity index (χ2v) is 8.94. The number of ether oxygens (including phenoxy) is 1. The lowest BCUT2D eigenvalue weighted by molar-refractivity contribution is -0.120. The van der Waals surface area contributed by atoms with Crippen molar-refractivity contribution in [3.63, 3.8) is 0 Å². The zero-order valence-electron chi connectivity index (χ0n) is 16.4. The highest BCUT2D eigenvalue weighted by atomic mass is 32.2. The molecule has 0 aromatic heterocycles. The number of nitrogens with zero attached hydrogens (tertiary/aromatic N) is 1. The number of amides is 1. The molecular formula is C21H24N2O5S. The highest BCUT2D eigenvalue weighted by Crippen LogP contribution is 2.26. The van der Waals surface area contributed by atoms with Crippen molar-refractivity contribution in [2.45, 2.75) is 24.7 Å². The quantitative estimate of drug-likeness (QED) is 0.731. The average Bonchev–Trinajstić information content (AvgIpc) is 2.74. The Morgan fingerprint density at radius 3 is 2.52 bits per heavy atom. The second-order valence-electron chi connectivity index (χ2n) is 7.00. The van der Waals surface area contributed by atoms with Crippen LogP contribution in [0.1, 0.15) is 30.1 Å². The largest absolute Gasteiger partial charge is 0.497 e. The zero-order chi connectivity index (χ0) is 21.0. The first kappa shape index (κ1) is 21.0. The van der Waals surface area contributed by atoms with E-state index < -0.39 is 15.9 Å². The lowest BCUT2D eigenvalue weighted by Gasteiger charge is -2.31. The van der Waals surface area contributed by atoms with Crippen molar-refractivity contribution in [1.29, 1.82) is 0 Å². The van der Waals surface area contributed by atoms with Crippen molar-refractivity contribution in [3.8, 4) is 5.75 Å². The van der Waals surface area contributed by atoms with Crippen LogP contribution in [0, 0.1) is 5.92 Å². The molecule has 1 amide bonds. The van der Waals surface area contributed by atoms with Gasteiger partial charge in [0.25, 0.3) is 0 Å². The van der Waals surface area contributed by atoms with Crippen molar-refractivity contribution >= 4 is 27.4 Å². The molecule has 7 nitrogen and oxygen atoms in total. The molecule has 1 atom stereocenters. The summed E-state index contributed by atoms with van der Waals surface area (Å²) < 4.78 is 32.3. The van der Waals surface area contributed by atoms with E-state index >= 15 is 0 Å². The number of piperidine rings is 1. The van der Waals surface area contributed by atoms with Crippen LogP contribution in [-0.4, -0.2) is 44.6 Å². The van der Waals surface area contributed by atoms with Crippen molar-refractivity contribution in [2.75, 3.05) is 25.5 Å². The van der Waals surface area contributed by atoms with Gasteiger partial charge < -0.3 is 10.1 Å². The molecule has 154 valence electrons. The maximum atomic E-state index is 12.9. The number of benzene rings is 2. The molecule has 1 N–H and O–H groups in total.